The van der Waals surface area contributed by atoms with Gasteiger partial charge < -0.3 is 14.7 Å². The third-order valence-corrected chi connectivity index (χ3v) is 4.23. The topological polar surface area (TPSA) is 86.8 Å². The molecule has 1 aliphatic heterocycles. The summed E-state index contributed by atoms with van der Waals surface area (Å²) in [6.45, 7) is 3.97. The van der Waals surface area contributed by atoms with E-state index in [2.05, 4.69) is 10.1 Å². The van der Waals surface area contributed by atoms with Crippen molar-refractivity contribution in [2.24, 2.45) is 5.92 Å². The second-order valence-corrected chi connectivity index (χ2v) is 6.16. The highest BCUT2D eigenvalue weighted by Crippen LogP contribution is 2.23. The zero-order valence-corrected chi connectivity index (χ0v) is 13.0. The van der Waals surface area contributed by atoms with Gasteiger partial charge in [-0.05, 0) is 24.6 Å². The van der Waals surface area contributed by atoms with E-state index in [1.54, 1.807) is 12.1 Å². The average Bonchev–Trinajstić information content (AvgIpc) is 3.06. The van der Waals surface area contributed by atoms with E-state index in [0.717, 1.165) is 23.6 Å². The number of benzene rings is 1. The van der Waals surface area contributed by atoms with Crippen molar-refractivity contribution >= 4 is 5.97 Å². The van der Waals surface area contributed by atoms with Gasteiger partial charge in [0.25, 0.3) is 0 Å². The molecule has 1 aromatic heterocycles. The molecule has 6 nitrogen and oxygen atoms in total. The largest absolute Gasteiger partial charge is 0.478 e. The van der Waals surface area contributed by atoms with E-state index < -0.39 is 12.1 Å². The molecule has 1 fully saturated rings. The Balaban J connectivity index is 1.58. The maximum absolute atomic E-state index is 10.9. The number of carbonyl (C=O) groups is 1. The van der Waals surface area contributed by atoms with Gasteiger partial charge in [0.15, 0.2) is 0 Å². The monoisotopic (exact) mass is 316 g/mol. The molecule has 0 saturated carbocycles. The minimum absolute atomic E-state index is 0.126. The number of aromatic carboxylic acids is 1. The maximum atomic E-state index is 10.9. The summed E-state index contributed by atoms with van der Waals surface area (Å²) in [5, 5.41) is 23.0. The molecule has 2 atom stereocenters. The van der Waals surface area contributed by atoms with Crippen LogP contribution in [0.4, 0.5) is 0 Å². The summed E-state index contributed by atoms with van der Waals surface area (Å²) in [5.74, 6) is 0.00964. The number of carboxylic acid groups (broad SMARTS) is 1. The number of hydrogen-bond acceptors (Lipinski definition) is 5. The van der Waals surface area contributed by atoms with Crippen molar-refractivity contribution in [3.63, 3.8) is 0 Å². The smallest absolute Gasteiger partial charge is 0.335 e. The third kappa shape index (κ3) is 3.78. The highest BCUT2D eigenvalue weighted by molar-refractivity contribution is 5.87. The summed E-state index contributed by atoms with van der Waals surface area (Å²) < 4.78 is 5.23. The minimum Gasteiger partial charge on any atom is -0.478 e. The van der Waals surface area contributed by atoms with Gasteiger partial charge in [-0.25, -0.2) is 4.79 Å². The van der Waals surface area contributed by atoms with Crippen LogP contribution in [0, 0.1) is 12.8 Å². The first-order valence-electron chi connectivity index (χ1n) is 7.66. The van der Waals surface area contributed by atoms with E-state index in [1.165, 1.54) is 0 Å². The zero-order valence-electron chi connectivity index (χ0n) is 13.0. The quantitative estimate of drug-likeness (QED) is 0.873. The van der Waals surface area contributed by atoms with E-state index in [1.807, 2.05) is 25.1 Å². The van der Waals surface area contributed by atoms with Crippen molar-refractivity contribution in [2.75, 3.05) is 13.1 Å². The maximum Gasteiger partial charge on any atom is 0.335 e. The van der Waals surface area contributed by atoms with Crippen molar-refractivity contribution in [1.29, 1.82) is 0 Å². The molecule has 2 heterocycles. The second-order valence-electron chi connectivity index (χ2n) is 6.16. The number of carboxylic acids is 1. The van der Waals surface area contributed by atoms with Crippen LogP contribution in [-0.2, 0) is 13.0 Å². The fourth-order valence-electron chi connectivity index (χ4n) is 3.05. The van der Waals surface area contributed by atoms with Crippen LogP contribution in [0.3, 0.4) is 0 Å². The van der Waals surface area contributed by atoms with E-state index in [-0.39, 0.29) is 11.5 Å². The second kappa shape index (κ2) is 6.52. The number of hydrogen-bond donors (Lipinski definition) is 2. The summed E-state index contributed by atoms with van der Waals surface area (Å²) in [6.07, 6.45) is 0.287. The van der Waals surface area contributed by atoms with Gasteiger partial charge in [0.05, 0.1) is 17.4 Å². The summed E-state index contributed by atoms with van der Waals surface area (Å²) in [6, 6.07) is 8.77. The van der Waals surface area contributed by atoms with Crippen LogP contribution >= 0.6 is 0 Å². The van der Waals surface area contributed by atoms with Crippen LogP contribution < -0.4 is 0 Å². The van der Waals surface area contributed by atoms with Crippen molar-refractivity contribution < 1.29 is 19.5 Å². The number of aliphatic hydroxyl groups is 1. The van der Waals surface area contributed by atoms with E-state index >= 15 is 0 Å². The number of likely N-dealkylation sites (tertiary alicyclic amines) is 1. The number of β-amino-alcohol motifs (C(OH)–C–C–N with tert-alkyl or cyclic N) is 1. The molecule has 0 bridgehead atoms. The Morgan fingerprint density at radius 1 is 1.35 bits per heavy atom. The predicted molar refractivity (Wildman–Crippen MR) is 83.1 cm³/mol. The normalized spacial score (nSPS) is 21.7. The lowest BCUT2D eigenvalue weighted by Crippen LogP contribution is -2.21. The summed E-state index contributed by atoms with van der Waals surface area (Å²) in [7, 11) is 0. The standard InChI is InChI=1S/C17H20N2O4/c1-11-6-15(23-18-11)7-14-9-19(10-16(14)20)8-12-2-4-13(5-3-12)17(21)22/h2-6,14,16,20H,7-10H2,1H3,(H,21,22). The Morgan fingerprint density at radius 2 is 2.09 bits per heavy atom. The number of nitrogens with zero attached hydrogens (tertiary/aromatic N) is 2. The van der Waals surface area contributed by atoms with Crippen LogP contribution in [0.1, 0.15) is 27.4 Å². The van der Waals surface area contributed by atoms with Crippen LogP contribution in [0.25, 0.3) is 0 Å². The first-order chi connectivity index (χ1) is 11.0. The van der Waals surface area contributed by atoms with Gasteiger partial charge in [-0.15, -0.1) is 0 Å². The summed E-state index contributed by atoms with van der Waals surface area (Å²) in [4.78, 5) is 13.0. The molecule has 0 aliphatic carbocycles. The number of aliphatic hydroxyl groups excluding tert-OH is 1. The average molecular weight is 316 g/mol. The minimum atomic E-state index is -0.921. The number of rotatable bonds is 5. The van der Waals surface area contributed by atoms with Crippen LogP contribution in [0.15, 0.2) is 34.9 Å². The molecule has 23 heavy (non-hydrogen) atoms. The Kier molecular flexibility index (Phi) is 4.45. The number of aryl methyl sites for hydroxylation is 1. The molecular weight excluding hydrogens is 296 g/mol. The van der Waals surface area contributed by atoms with Crippen molar-refractivity contribution in [3.8, 4) is 0 Å². The molecule has 6 heteroatoms. The molecule has 1 aliphatic rings. The highest BCUT2D eigenvalue weighted by atomic mass is 16.5. The zero-order chi connectivity index (χ0) is 16.4. The first kappa shape index (κ1) is 15.7. The lowest BCUT2D eigenvalue weighted by Gasteiger charge is -2.15. The van der Waals surface area contributed by atoms with Crippen molar-refractivity contribution in [1.82, 2.24) is 10.1 Å². The number of aromatic nitrogens is 1. The van der Waals surface area contributed by atoms with Crippen LogP contribution in [0.5, 0.6) is 0 Å². The van der Waals surface area contributed by atoms with Crippen molar-refractivity contribution in [3.05, 3.63) is 52.9 Å². The Labute approximate surface area is 134 Å². The summed E-state index contributed by atoms with van der Waals surface area (Å²) >= 11 is 0. The van der Waals surface area contributed by atoms with Gasteiger partial charge in [0.2, 0.25) is 0 Å². The lowest BCUT2D eigenvalue weighted by molar-refractivity contribution is 0.0697. The van der Waals surface area contributed by atoms with E-state index in [4.69, 9.17) is 9.63 Å². The SMILES string of the molecule is Cc1cc(CC2CN(Cc3ccc(C(=O)O)cc3)CC2O)on1. The molecule has 3 rings (SSSR count). The third-order valence-electron chi connectivity index (χ3n) is 4.23. The molecule has 2 unspecified atom stereocenters. The fourth-order valence-corrected chi connectivity index (χ4v) is 3.05. The van der Waals surface area contributed by atoms with Crippen LogP contribution in [-0.4, -0.2) is 45.4 Å². The van der Waals surface area contributed by atoms with Gasteiger partial charge >= 0.3 is 5.97 Å². The molecule has 122 valence electrons. The molecule has 0 amide bonds. The van der Waals surface area contributed by atoms with Gasteiger partial charge in [0, 0.05) is 38.0 Å². The van der Waals surface area contributed by atoms with Gasteiger partial charge in [-0.2, -0.15) is 0 Å². The molecule has 0 spiro atoms. The molecule has 2 N–H and O–H groups in total. The van der Waals surface area contributed by atoms with Crippen molar-refractivity contribution in [2.45, 2.75) is 26.0 Å². The lowest BCUT2D eigenvalue weighted by atomic mass is 10.0. The first-order valence-corrected chi connectivity index (χ1v) is 7.66. The summed E-state index contributed by atoms with van der Waals surface area (Å²) in [5.41, 5.74) is 2.18. The Hall–Kier alpha value is -2.18. The molecule has 0 radical (unpaired) electrons. The van der Waals surface area contributed by atoms with E-state index in [0.29, 0.717) is 19.5 Å². The van der Waals surface area contributed by atoms with Gasteiger partial charge in [0.1, 0.15) is 5.76 Å². The molecular formula is C17H20N2O4. The van der Waals surface area contributed by atoms with E-state index in [9.17, 15) is 9.90 Å². The van der Waals surface area contributed by atoms with Crippen LogP contribution in [0.2, 0.25) is 0 Å². The fraction of sp³-hybridized carbons (Fsp3) is 0.412. The Bertz CT molecular complexity index is 680. The van der Waals surface area contributed by atoms with Gasteiger partial charge in [-0.3, -0.25) is 4.90 Å². The molecule has 1 saturated heterocycles. The Morgan fingerprint density at radius 3 is 2.70 bits per heavy atom. The van der Waals surface area contributed by atoms with Gasteiger partial charge in [-0.1, -0.05) is 17.3 Å². The molecule has 1 aromatic carbocycles. The molecule has 2 aromatic rings. The predicted octanol–water partition coefficient (Wildman–Crippen LogP) is 1.72. The highest BCUT2D eigenvalue weighted by Gasteiger charge is 2.32.